The first-order valence-corrected chi connectivity index (χ1v) is 11.1. The monoisotopic (exact) mass is 462 g/mol. The Balaban J connectivity index is 0.000000366. The van der Waals surface area contributed by atoms with Crippen molar-refractivity contribution in [2.24, 2.45) is 0 Å². The molecule has 2 aromatic rings. The molecule has 1 aliphatic heterocycles. The van der Waals surface area contributed by atoms with E-state index in [1.807, 2.05) is 23.9 Å². The second-order valence-electron chi connectivity index (χ2n) is 7.07. The third kappa shape index (κ3) is 10.0. The lowest BCUT2D eigenvalue weighted by Gasteiger charge is -2.32. The van der Waals surface area contributed by atoms with E-state index in [1.165, 1.54) is 41.5 Å². The number of nitrogens with zero attached hydrogens (tertiary/aromatic N) is 2. The largest absolute Gasteiger partial charge is 0.478 e. The highest BCUT2D eigenvalue weighted by molar-refractivity contribution is 7.99. The van der Waals surface area contributed by atoms with Gasteiger partial charge in [0.2, 0.25) is 0 Å². The van der Waals surface area contributed by atoms with Crippen LogP contribution in [0, 0.1) is 0 Å². The maximum absolute atomic E-state index is 9.55. The fourth-order valence-electron chi connectivity index (χ4n) is 2.93. The third-order valence-corrected chi connectivity index (χ3v) is 6.05. The van der Waals surface area contributed by atoms with Crippen LogP contribution < -0.4 is 0 Å². The van der Waals surface area contributed by atoms with Gasteiger partial charge in [-0.2, -0.15) is 0 Å². The quantitative estimate of drug-likeness (QED) is 0.602. The summed E-state index contributed by atoms with van der Waals surface area (Å²) in [4.78, 5) is 26.7. The van der Waals surface area contributed by atoms with Crippen molar-refractivity contribution in [2.75, 3.05) is 39.8 Å². The summed E-state index contributed by atoms with van der Waals surface area (Å²) in [5, 5.41) is 16.4. The molecule has 3 rings (SSSR count). The van der Waals surface area contributed by atoms with Gasteiger partial charge in [-0.05, 0) is 49.4 Å². The first-order chi connectivity index (χ1) is 14.8. The van der Waals surface area contributed by atoms with Crippen LogP contribution in [0.3, 0.4) is 0 Å². The number of aliphatic carboxylic acids is 2. The minimum atomic E-state index is -1.26. The predicted octanol–water partition coefficient (Wildman–Crippen LogP) is 3.99. The summed E-state index contributed by atoms with van der Waals surface area (Å²) in [5.74, 6) is -2.51. The molecular formula is C23H27ClN2O4S. The van der Waals surface area contributed by atoms with Crippen LogP contribution in [0.15, 0.2) is 70.5 Å². The van der Waals surface area contributed by atoms with Gasteiger partial charge in [0.1, 0.15) is 0 Å². The van der Waals surface area contributed by atoms with Crippen molar-refractivity contribution >= 4 is 35.3 Å². The molecule has 0 radical (unpaired) electrons. The average molecular weight is 463 g/mol. The Morgan fingerprint density at radius 2 is 1.55 bits per heavy atom. The van der Waals surface area contributed by atoms with Crippen LogP contribution >= 0.6 is 23.4 Å². The van der Waals surface area contributed by atoms with E-state index in [0.29, 0.717) is 12.2 Å². The number of piperazine rings is 1. The fourth-order valence-corrected chi connectivity index (χ4v) is 4.03. The number of carboxylic acids is 2. The number of carbonyl (C=O) groups is 2. The molecule has 0 aliphatic carbocycles. The number of benzene rings is 2. The van der Waals surface area contributed by atoms with Crippen LogP contribution in [0.5, 0.6) is 0 Å². The van der Waals surface area contributed by atoms with Gasteiger partial charge >= 0.3 is 11.9 Å². The molecule has 0 aromatic heterocycles. The highest BCUT2D eigenvalue weighted by Crippen LogP contribution is 2.31. The second kappa shape index (κ2) is 13.2. The molecule has 1 heterocycles. The van der Waals surface area contributed by atoms with Crippen LogP contribution in [0.4, 0.5) is 0 Å². The predicted molar refractivity (Wildman–Crippen MR) is 124 cm³/mol. The Bertz CT molecular complexity index is 865. The van der Waals surface area contributed by atoms with Crippen molar-refractivity contribution in [1.29, 1.82) is 0 Å². The Kier molecular flexibility index (Phi) is 10.6. The number of hydrogen-bond donors (Lipinski definition) is 2. The molecule has 1 fully saturated rings. The molecule has 0 unspecified atom stereocenters. The molecule has 0 atom stereocenters. The van der Waals surface area contributed by atoms with Crippen LogP contribution in [-0.4, -0.2) is 71.7 Å². The Morgan fingerprint density at radius 3 is 2.13 bits per heavy atom. The standard InChI is InChI=1S/C19H23ClN2S.C4H4O4/c1-21-12-14-22(15-13-21)11-10-16-4-2-3-5-19(16)23-18-8-6-17(20)7-9-18;5-3(6)1-2-4(7)8/h2-9H,10-15H2,1H3;1-2H,(H,5,6)(H,7,8)/b;2-1-. The van der Waals surface area contributed by atoms with Gasteiger partial charge in [-0.3, -0.25) is 0 Å². The van der Waals surface area contributed by atoms with Crippen molar-refractivity contribution in [1.82, 2.24) is 9.80 Å². The summed E-state index contributed by atoms with van der Waals surface area (Å²) >= 11 is 7.80. The number of carboxylic acid groups (broad SMARTS) is 2. The molecule has 0 bridgehead atoms. The van der Waals surface area contributed by atoms with E-state index in [2.05, 4.69) is 53.2 Å². The van der Waals surface area contributed by atoms with Crippen molar-refractivity contribution in [3.05, 3.63) is 71.3 Å². The van der Waals surface area contributed by atoms with Crippen LogP contribution in [-0.2, 0) is 16.0 Å². The summed E-state index contributed by atoms with van der Waals surface area (Å²) in [7, 11) is 2.20. The Morgan fingerprint density at radius 1 is 0.968 bits per heavy atom. The maximum atomic E-state index is 9.55. The minimum Gasteiger partial charge on any atom is -0.478 e. The molecule has 8 heteroatoms. The van der Waals surface area contributed by atoms with E-state index in [9.17, 15) is 9.59 Å². The molecule has 2 N–H and O–H groups in total. The SMILES string of the molecule is CN1CCN(CCc2ccccc2Sc2ccc(Cl)cc2)CC1.O=C(O)/C=C\C(=O)O. The molecule has 2 aromatic carbocycles. The summed E-state index contributed by atoms with van der Waals surface area (Å²) in [6.07, 6.45) is 2.23. The van der Waals surface area contributed by atoms with Gasteiger partial charge in [-0.25, -0.2) is 9.59 Å². The second-order valence-corrected chi connectivity index (χ2v) is 8.62. The van der Waals surface area contributed by atoms with Crippen molar-refractivity contribution in [2.45, 2.75) is 16.2 Å². The highest BCUT2D eigenvalue weighted by Gasteiger charge is 2.14. The molecule has 0 saturated carbocycles. The molecule has 31 heavy (non-hydrogen) atoms. The summed E-state index contributed by atoms with van der Waals surface area (Å²) in [5.41, 5.74) is 1.44. The minimum absolute atomic E-state index is 0.558. The van der Waals surface area contributed by atoms with Gasteiger partial charge in [0.25, 0.3) is 0 Å². The molecule has 166 valence electrons. The van der Waals surface area contributed by atoms with Crippen LogP contribution in [0.2, 0.25) is 5.02 Å². The van der Waals surface area contributed by atoms with E-state index in [0.717, 1.165) is 18.0 Å². The summed E-state index contributed by atoms with van der Waals surface area (Å²) in [6, 6.07) is 16.8. The average Bonchev–Trinajstić information content (AvgIpc) is 2.75. The van der Waals surface area contributed by atoms with Gasteiger partial charge in [0, 0.05) is 59.7 Å². The molecule has 1 aliphatic rings. The molecular weight excluding hydrogens is 436 g/mol. The zero-order valence-electron chi connectivity index (χ0n) is 17.4. The molecule has 0 amide bonds. The lowest BCUT2D eigenvalue weighted by molar-refractivity contribution is -0.134. The summed E-state index contributed by atoms with van der Waals surface area (Å²) in [6.45, 7) is 5.88. The topological polar surface area (TPSA) is 81.1 Å². The number of halogens is 1. The molecule has 0 spiro atoms. The van der Waals surface area contributed by atoms with Gasteiger partial charge in [-0.15, -0.1) is 0 Å². The number of rotatable bonds is 7. The van der Waals surface area contributed by atoms with E-state index in [4.69, 9.17) is 21.8 Å². The fraction of sp³-hybridized carbons (Fsp3) is 0.304. The van der Waals surface area contributed by atoms with Crippen molar-refractivity contribution < 1.29 is 19.8 Å². The van der Waals surface area contributed by atoms with E-state index >= 15 is 0 Å². The Labute approximate surface area is 192 Å². The first kappa shape index (κ1) is 24.9. The van der Waals surface area contributed by atoms with Gasteiger partial charge in [0.15, 0.2) is 0 Å². The number of hydrogen-bond acceptors (Lipinski definition) is 5. The van der Waals surface area contributed by atoms with E-state index in [-0.39, 0.29) is 0 Å². The zero-order chi connectivity index (χ0) is 22.6. The van der Waals surface area contributed by atoms with Crippen LogP contribution in [0.25, 0.3) is 0 Å². The molecule has 6 nitrogen and oxygen atoms in total. The first-order valence-electron chi connectivity index (χ1n) is 9.89. The van der Waals surface area contributed by atoms with Crippen molar-refractivity contribution in [3.8, 4) is 0 Å². The van der Waals surface area contributed by atoms with Crippen molar-refractivity contribution in [3.63, 3.8) is 0 Å². The lowest BCUT2D eigenvalue weighted by atomic mass is 10.1. The normalized spacial score (nSPS) is 14.8. The lowest BCUT2D eigenvalue weighted by Crippen LogP contribution is -2.45. The van der Waals surface area contributed by atoms with Gasteiger partial charge in [-0.1, -0.05) is 41.6 Å². The highest BCUT2D eigenvalue weighted by atomic mass is 35.5. The smallest absolute Gasteiger partial charge is 0.328 e. The summed E-state index contributed by atoms with van der Waals surface area (Å²) < 4.78 is 0. The van der Waals surface area contributed by atoms with Crippen LogP contribution in [0.1, 0.15) is 5.56 Å². The maximum Gasteiger partial charge on any atom is 0.328 e. The van der Waals surface area contributed by atoms with E-state index < -0.39 is 11.9 Å². The third-order valence-electron chi connectivity index (χ3n) is 4.68. The van der Waals surface area contributed by atoms with Gasteiger partial charge in [0.05, 0.1) is 0 Å². The Hall–Kier alpha value is -2.32. The van der Waals surface area contributed by atoms with E-state index in [1.54, 1.807) is 0 Å². The number of likely N-dealkylation sites (N-methyl/N-ethyl adjacent to an activating group) is 1. The zero-order valence-corrected chi connectivity index (χ0v) is 19.0. The van der Waals surface area contributed by atoms with Gasteiger partial charge < -0.3 is 20.0 Å². The molecule has 1 saturated heterocycles.